The topological polar surface area (TPSA) is 74.5 Å². The van der Waals surface area contributed by atoms with E-state index in [0.29, 0.717) is 5.69 Å². The summed E-state index contributed by atoms with van der Waals surface area (Å²) in [6, 6.07) is 6.27. The molecule has 1 aromatic heterocycles. The van der Waals surface area contributed by atoms with Crippen LogP contribution in [0.25, 0.3) is 0 Å². The molecule has 2 rings (SSSR count). The van der Waals surface area contributed by atoms with Gasteiger partial charge in [0.1, 0.15) is 12.4 Å². The van der Waals surface area contributed by atoms with E-state index in [9.17, 15) is 10.1 Å². The van der Waals surface area contributed by atoms with Gasteiger partial charge >= 0.3 is 5.69 Å². The van der Waals surface area contributed by atoms with E-state index in [0.717, 1.165) is 16.9 Å². The van der Waals surface area contributed by atoms with E-state index in [1.165, 1.54) is 6.07 Å². The molecule has 0 bridgehead atoms. The van der Waals surface area contributed by atoms with E-state index in [-0.39, 0.29) is 18.0 Å². The fraction of sp³-hybridized carbons (Fsp3) is 0.267. The Morgan fingerprint density at radius 3 is 2.67 bits per heavy atom. The molecule has 0 atom stereocenters. The molecule has 0 aliphatic rings. The van der Waals surface area contributed by atoms with Crippen LogP contribution in [0.1, 0.15) is 16.8 Å². The Bertz CT molecular complexity index is 671. The Hall–Kier alpha value is -2.63. The largest absolute Gasteiger partial charge is 0.496 e. The molecular weight excluding hydrogens is 272 g/mol. The lowest BCUT2D eigenvalue weighted by molar-refractivity contribution is -0.385. The highest BCUT2D eigenvalue weighted by Crippen LogP contribution is 2.28. The van der Waals surface area contributed by atoms with Gasteiger partial charge in [0.05, 0.1) is 17.7 Å². The lowest BCUT2D eigenvalue weighted by atomic mass is 10.1. The van der Waals surface area contributed by atoms with E-state index < -0.39 is 4.92 Å². The van der Waals surface area contributed by atoms with E-state index >= 15 is 0 Å². The molecule has 0 unspecified atom stereocenters. The summed E-state index contributed by atoms with van der Waals surface area (Å²) in [5.74, 6) is 0.981. The van der Waals surface area contributed by atoms with Crippen LogP contribution in [0.5, 0.6) is 11.5 Å². The Balaban J connectivity index is 2.23. The number of nitrogens with zero attached hydrogens (tertiary/aromatic N) is 2. The lowest BCUT2D eigenvalue weighted by Crippen LogP contribution is -2.05. The summed E-state index contributed by atoms with van der Waals surface area (Å²) in [7, 11) is 1.60. The number of nitro benzene ring substituents is 1. The molecule has 0 fully saturated rings. The second-order valence-corrected chi connectivity index (χ2v) is 4.56. The molecule has 0 radical (unpaired) electrons. The van der Waals surface area contributed by atoms with Crippen LogP contribution in [0, 0.1) is 24.0 Å². The van der Waals surface area contributed by atoms with Crippen LogP contribution in [0.4, 0.5) is 5.69 Å². The minimum Gasteiger partial charge on any atom is -0.496 e. The van der Waals surface area contributed by atoms with Crippen LogP contribution in [0.2, 0.25) is 0 Å². The van der Waals surface area contributed by atoms with Crippen molar-refractivity contribution in [1.82, 2.24) is 4.98 Å². The predicted molar refractivity (Wildman–Crippen MR) is 77.7 cm³/mol. The maximum Gasteiger partial charge on any atom is 0.310 e. The number of nitro groups is 1. The third kappa shape index (κ3) is 3.10. The van der Waals surface area contributed by atoms with Gasteiger partial charge in [0.2, 0.25) is 0 Å². The van der Waals surface area contributed by atoms with Crippen LogP contribution in [0.15, 0.2) is 30.5 Å². The highest BCUT2D eigenvalue weighted by Gasteiger charge is 2.15. The van der Waals surface area contributed by atoms with Crippen LogP contribution in [-0.4, -0.2) is 17.0 Å². The number of pyridine rings is 1. The van der Waals surface area contributed by atoms with E-state index in [2.05, 4.69) is 4.98 Å². The molecule has 0 spiro atoms. The fourth-order valence-electron chi connectivity index (χ4n) is 2.09. The van der Waals surface area contributed by atoms with Crippen molar-refractivity contribution in [3.05, 3.63) is 57.4 Å². The van der Waals surface area contributed by atoms with Crippen LogP contribution < -0.4 is 9.47 Å². The van der Waals surface area contributed by atoms with Crippen LogP contribution in [-0.2, 0) is 6.61 Å². The standard InChI is InChI=1S/C15H16N2O4/c1-10-8-16-12(11(2)15(10)20-3)9-21-14-7-5-4-6-13(14)17(18)19/h4-8H,9H2,1-3H3. The number of benzene rings is 1. The number of aryl methyl sites for hydroxylation is 1. The minimum atomic E-state index is -0.467. The zero-order valence-electron chi connectivity index (χ0n) is 12.1. The first-order chi connectivity index (χ1) is 10.0. The monoisotopic (exact) mass is 288 g/mol. The fourth-order valence-corrected chi connectivity index (χ4v) is 2.09. The van der Waals surface area contributed by atoms with Crippen molar-refractivity contribution in [2.75, 3.05) is 7.11 Å². The van der Waals surface area contributed by atoms with E-state index in [1.54, 1.807) is 31.5 Å². The number of rotatable bonds is 5. The van der Waals surface area contributed by atoms with Crippen molar-refractivity contribution in [3.63, 3.8) is 0 Å². The summed E-state index contributed by atoms with van der Waals surface area (Å²) in [5.41, 5.74) is 2.44. The average Bonchev–Trinajstić information content (AvgIpc) is 2.47. The first kappa shape index (κ1) is 14.8. The number of ether oxygens (including phenoxy) is 2. The van der Waals surface area contributed by atoms with Gasteiger partial charge in [-0.2, -0.15) is 0 Å². The van der Waals surface area contributed by atoms with Crippen molar-refractivity contribution >= 4 is 5.69 Å². The van der Waals surface area contributed by atoms with Crippen LogP contribution in [0.3, 0.4) is 0 Å². The van der Waals surface area contributed by atoms with Gasteiger partial charge in [0.25, 0.3) is 0 Å². The molecule has 6 nitrogen and oxygen atoms in total. The Morgan fingerprint density at radius 2 is 2.00 bits per heavy atom. The summed E-state index contributed by atoms with van der Waals surface area (Å²) in [5, 5.41) is 10.9. The number of hydrogen-bond acceptors (Lipinski definition) is 5. The second kappa shape index (κ2) is 6.21. The first-order valence-electron chi connectivity index (χ1n) is 6.40. The van der Waals surface area contributed by atoms with Gasteiger partial charge in [0.15, 0.2) is 5.75 Å². The third-order valence-electron chi connectivity index (χ3n) is 3.18. The molecule has 0 amide bonds. The molecule has 0 saturated carbocycles. The highest BCUT2D eigenvalue weighted by atomic mass is 16.6. The first-order valence-corrected chi connectivity index (χ1v) is 6.40. The normalized spacial score (nSPS) is 10.2. The summed E-state index contributed by atoms with van der Waals surface area (Å²) >= 11 is 0. The van der Waals surface area contributed by atoms with E-state index in [4.69, 9.17) is 9.47 Å². The zero-order valence-corrected chi connectivity index (χ0v) is 12.1. The molecule has 0 saturated heterocycles. The third-order valence-corrected chi connectivity index (χ3v) is 3.18. The molecule has 110 valence electrons. The molecule has 0 aliphatic heterocycles. The summed E-state index contributed by atoms with van der Waals surface area (Å²) in [4.78, 5) is 14.8. The summed E-state index contributed by atoms with van der Waals surface area (Å²) in [6.07, 6.45) is 1.70. The van der Waals surface area contributed by atoms with Gasteiger partial charge < -0.3 is 9.47 Å². The zero-order chi connectivity index (χ0) is 15.4. The quantitative estimate of drug-likeness (QED) is 0.624. The van der Waals surface area contributed by atoms with Crippen molar-refractivity contribution in [1.29, 1.82) is 0 Å². The molecule has 2 aromatic rings. The smallest absolute Gasteiger partial charge is 0.310 e. The van der Waals surface area contributed by atoms with Crippen molar-refractivity contribution in [3.8, 4) is 11.5 Å². The molecule has 0 aliphatic carbocycles. The van der Waals surface area contributed by atoms with Gasteiger partial charge in [-0.3, -0.25) is 15.1 Å². The Labute approximate surface area is 122 Å². The maximum atomic E-state index is 10.9. The predicted octanol–water partition coefficient (Wildman–Crippen LogP) is 3.19. The molecule has 0 N–H and O–H groups in total. The Morgan fingerprint density at radius 1 is 1.29 bits per heavy atom. The summed E-state index contributed by atoms with van der Waals surface area (Å²) in [6.45, 7) is 3.94. The van der Waals surface area contributed by atoms with Gasteiger partial charge in [0, 0.05) is 23.4 Å². The highest BCUT2D eigenvalue weighted by molar-refractivity contribution is 5.46. The Kier molecular flexibility index (Phi) is 4.37. The van der Waals surface area contributed by atoms with Crippen LogP contribution >= 0.6 is 0 Å². The number of aromatic nitrogens is 1. The number of hydrogen-bond donors (Lipinski definition) is 0. The maximum absolute atomic E-state index is 10.9. The molecular formula is C15H16N2O4. The molecule has 1 heterocycles. The second-order valence-electron chi connectivity index (χ2n) is 4.56. The number of methoxy groups -OCH3 is 1. The van der Waals surface area contributed by atoms with Gasteiger partial charge in [-0.15, -0.1) is 0 Å². The van der Waals surface area contributed by atoms with Crippen molar-refractivity contribution in [2.45, 2.75) is 20.5 Å². The number of para-hydroxylation sites is 2. The van der Waals surface area contributed by atoms with Gasteiger partial charge in [-0.25, -0.2) is 0 Å². The summed E-state index contributed by atoms with van der Waals surface area (Å²) < 4.78 is 10.9. The average molecular weight is 288 g/mol. The SMILES string of the molecule is COc1c(C)cnc(COc2ccccc2[N+](=O)[O-])c1C. The molecule has 21 heavy (non-hydrogen) atoms. The minimum absolute atomic E-state index is 0.0609. The van der Waals surface area contributed by atoms with Crippen molar-refractivity contribution in [2.24, 2.45) is 0 Å². The molecule has 1 aromatic carbocycles. The van der Waals surface area contributed by atoms with E-state index in [1.807, 2.05) is 13.8 Å². The lowest BCUT2D eigenvalue weighted by Gasteiger charge is -2.13. The van der Waals surface area contributed by atoms with Gasteiger partial charge in [-0.1, -0.05) is 12.1 Å². The molecule has 6 heteroatoms. The van der Waals surface area contributed by atoms with Crippen molar-refractivity contribution < 1.29 is 14.4 Å². The van der Waals surface area contributed by atoms with Gasteiger partial charge in [-0.05, 0) is 19.9 Å².